The molecule has 0 aliphatic carbocycles. The van der Waals surface area contributed by atoms with Crippen molar-refractivity contribution in [2.24, 2.45) is 0 Å². The molecule has 0 saturated carbocycles. The molecule has 0 amide bonds. The van der Waals surface area contributed by atoms with Crippen LogP contribution in [-0.4, -0.2) is 15.9 Å². The molecule has 0 aliphatic heterocycles. The van der Waals surface area contributed by atoms with Crippen molar-refractivity contribution in [2.45, 2.75) is 109 Å². The van der Waals surface area contributed by atoms with E-state index in [1.807, 2.05) is 0 Å². The van der Waals surface area contributed by atoms with Crippen molar-refractivity contribution in [2.75, 3.05) is 6.16 Å². The molecule has 0 fully saturated rings. The van der Waals surface area contributed by atoms with Gasteiger partial charge in [0.15, 0.2) is 0 Å². The van der Waals surface area contributed by atoms with Gasteiger partial charge in [-0.25, -0.2) is 0 Å². The average Bonchev–Trinajstić information content (AvgIpc) is 2.86. The third kappa shape index (κ3) is 11.6. The van der Waals surface area contributed by atoms with Crippen LogP contribution < -0.4 is 0 Å². The van der Waals surface area contributed by atoms with Crippen LogP contribution in [0.5, 0.6) is 0 Å². The fourth-order valence-electron chi connectivity index (χ4n) is 5.27. The number of unbranched alkanes of at least 4 members (excludes halogenated alkanes) is 15. The van der Waals surface area contributed by atoms with Gasteiger partial charge in [0.25, 0.3) is 0 Å². The van der Waals surface area contributed by atoms with Gasteiger partial charge < -0.3 is 9.79 Å². The topological polar surface area (TPSA) is 57.5 Å². The number of benzene rings is 3. The van der Waals surface area contributed by atoms with Crippen LogP contribution >= 0.6 is 7.60 Å². The zero-order chi connectivity index (χ0) is 25.5. The van der Waals surface area contributed by atoms with Crippen LogP contribution in [-0.2, 0) is 11.0 Å². The molecule has 3 aromatic carbocycles. The molecular formula is C32H47O3P. The fraction of sp³-hybridized carbons (Fsp3) is 0.562. The maximum Gasteiger partial charge on any atom is 0.325 e. The van der Waals surface area contributed by atoms with E-state index in [1.54, 1.807) is 0 Å². The lowest BCUT2D eigenvalue weighted by Crippen LogP contribution is -1.88. The molecule has 36 heavy (non-hydrogen) atoms. The van der Waals surface area contributed by atoms with Crippen molar-refractivity contribution in [1.82, 2.24) is 0 Å². The minimum atomic E-state index is -3.78. The van der Waals surface area contributed by atoms with Crippen LogP contribution in [0.2, 0.25) is 0 Å². The highest BCUT2D eigenvalue weighted by Gasteiger charge is 2.10. The van der Waals surface area contributed by atoms with Crippen molar-refractivity contribution >= 4 is 29.1 Å². The Kier molecular flexibility index (Phi) is 13.0. The molecule has 4 heteroatoms. The fourth-order valence-corrected chi connectivity index (χ4v) is 5.90. The SMILES string of the molecule is O=P(O)(O)CCCCCCCCCCCCCCCCCCc1ccc2cc3ccccc3cc2c1. The second-order valence-electron chi connectivity index (χ2n) is 10.7. The highest BCUT2D eigenvalue weighted by molar-refractivity contribution is 7.51. The lowest BCUT2D eigenvalue weighted by Gasteiger charge is -2.06. The Morgan fingerprint density at radius 3 is 1.39 bits per heavy atom. The van der Waals surface area contributed by atoms with Gasteiger partial charge in [-0.1, -0.05) is 132 Å². The molecule has 0 atom stereocenters. The third-order valence-corrected chi connectivity index (χ3v) is 8.33. The van der Waals surface area contributed by atoms with Crippen molar-refractivity contribution in [3.8, 4) is 0 Å². The molecule has 3 nitrogen and oxygen atoms in total. The molecule has 0 aliphatic rings. The first-order valence-corrected chi connectivity index (χ1v) is 16.3. The van der Waals surface area contributed by atoms with Gasteiger partial charge in [0.05, 0.1) is 0 Å². The molecule has 3 rings (SSSR count). The van der Waals surface area contributed by atoms with Crippen molar-refractivity contribution in [3.63, 3.8) is 0 Å². The maximum atomic E-state index is 10.8. The van der Waals surface area contributed by atoms with Gasteiger partial charge in [0.2, 0.25) is 0 Å². The molecule has 198 valence electrons. The molecule has 0 radical (unpaired) electrons. The lowest BCUT2D eigenvalue weighted by atomic mass is 9.99. The third-order valence-electron chi connectivity index (χ3n) is 7.43. The van der Waals surface area contributed by atoms with Crippen LogP contribution in [0, 0.1) is 0 Å². The highest BCUT2D eigenvalue weighted by Crippen LogP contribution is 2.35. The second-order valence-corrected chi connectivity index (χ2v) is 12.5. The lowest BCUT2D eigenvalue weighted by molar-refractivity contribution is 0.370. The first-order valence-electron chi connectivity index (χ1n) is 14.5. The van der Waals surface area contributed by atoms with E-state index in [-0.39, 0.29) is 6.16 Å². The van der Waals surface area contributed by atoms with E-state index in [2.05, 4.69) is 54.6 Å². The van der Waals surface area contributed by atoms with Crippen molar-refractivity contribution < 1.29 is 14.4 Å². The summed E-state index contributed by atoms with van der Waals surface area (Å²) in [7, 11) is -3.78. The Morgan fingerprint density at radius 2 is 0.889 bits per heavy atom. The standard InChI is InChI=1S/C32H47O3P/c33-36(34,35)24-18-14-12-10-8-6-4-2-1-3-5-7-9-11-13-15-19-28-22-23-31-26-29-20-16-17-21-30(29)27-32(31)25-28/h16-17,20-23,25-27H,1-15,18-19,24H2,(H2,33,34,35). The van der Waals surface area contributed by atoms with E-state index < -0.39 is 7.60 Å². The summed E-state index contributed by atoms with van der Waals surface area (Å²) >= 11 is 0. The Hall–Kier alpha value is -1.67. The zero-order valence-electron chi connectivity index (χ0n) is 22.2. The summed E-state index contributed by atoms with van der Waals surface area (Å²) < 4.78 is 10.8. The van der Waals surface area contributed by atoms with Gasteiger partial charge >= 0.3 is 7.60 Å². The smallest absolute Gasteiger partial charge is 0.324 e. The van der Waals surface area contributed by atoms with Gasteiger partial charge in [0.1, 0.15) is 0 Å². The monoisotopic (exact) mass is 510 g/mol. The van der Waals surface area contributed by atoms with E-state index in [9.17, 15) is 4.57 Å². The average molecular weight is 511 g/mol. The number of fused-ring (bicyclic) bond motifs is 2. The van der Waals surface area contributed by atoms with Crippen LogP contribution in [0.3, 0.4) is 0 Å². The van der Waals surface area contributed by atoms with E-state index in [0.717, 1.165) is 12.8 Å². The maximum absolute atomic E-state index is 10.8. The summed E-state index contributed by atoms with van der Waals surface area (Å²) in [6, 6.07) is 20.2. The summed E-state index contributed by atoms with van der Waals surface area (Å²) in [6.45, 7) is 0. The zero-order valence-corrected chi connectivity index (χ0v) is 23.1. The molecule has 2 N–H and O–H groups in total. The van der Waals surface area contributed by atoms with Gasteiger partial charge in [-0.05, 0) is 58.5 Å². The molecule has 0 spiro atoms. The normalized spacial score (nSPS) is 12.1. The van der Waals surface area contributed by atoms with Crippen LogP contribution in [0.1, 0.15) is 108 Å². The molecule has 0 bridgehead atoms. The molecule has 0 unspecified atom stereocenters. The predicted octanol–water partition coefficient (Wildman–Crippen LogP) is 9.95. The highest BCUT2D eigenvalue weighted by atomic mass is 31.2. The Morgan fingerprint density at radius 1 is 0.472 bits per heavy atom. The first-order chi connectivity index (χ1) is 17.5. The molecule has 0 aromatic heterocycles. The van der Waals surface area contributed by atoms with Gasteiger partial charge in [0, 0.05) is 6.16 Å². The summed E-state index contributed by atoms with van der Waals surface area (Å²) in [5.74, 6) is 0. The Bertz CT molecular complexity index is 1070. The van der Waals surface area contributed by atoms with Crippen LogP contribution in [0.4, 0.5) is 0 Å². The summed E-state index contributed by atoms with van der Waals surface area (Å²) in [4.78, 5) is 17.7. The van der Waals surface area contributed by atoms with Crippen molar-refractivity contribution in [1.29, 1.82) is 0 Å². The predicted molar refractivity (Wildman–Crippen MR) is 156 cm³/mol. The summed E-state index contributed by atoms with van der Waals surface area (Å²) in [5, 5.41) is 5.35. The molecular weight excluding hydrogens is 463 g/mol. The molecule has 3 aromatic rings. The van der Waals surface area contributed by atoms with Crippen LogP contribution in [0.25, 0.3) is 21.5 Å². The van der Waals surface area contributed by atoms with Crippen molar-refractivity contribution in [3.05, 3.63) is 60.2 Å². The van der Waals surface area contributed by atoms with Gasteiger partial charge in [-0.3, -0.25) is 4.57 Å². The van der Waals surface area contributed by atoms with E-state index in [1.165, 1.54) is 117 Å². The molecule has 0 saturated heterocycles. The quantitative estimate of drug-likeness (QED) is 0.0958. The second kappa shape index (κ2) is 16.2. The van der Waals surface area contributed by atoms with Gasteiger partial charge in [-0.2, -0.15) is 0 Å². The summed E-state index contributed by atoms with van der Waals surface area (Å²) in [5.41, 5.74) is 1.47. The first kappa shape index (κ1) is 28.9. The van der Waals surface area contributed by atoms with E-state index >= 15 is 0 Å². The number of aryl methyl sites for hydroxylation is 1. The minimum Gasteiger partial charge on any atom is -0.324 e. The van der Waals surface area contributed by atoms with Crippen LogP contribution in [0.15, 0.2) is 54.6 Å². The van der Waals surface area contributed by atoms with E-state index in [0.29, 0.717) is 6.42 Å². The summed E-state index contributed by atoms with van der Waals surface area (Å²) in [6.07, 6.45) is 21.4. The largest absolute Gasteiger partial charge is 0.325 e. The Labute approximate surface area is 218 Å². The molecule has 0 heterocycles. The minimum absolute atomic E-state index is 0.0519. The number of hydrogen-bond donors (Lipinski definition) is 2. The van der Waals surface area contributed by atoms with Gasteiger partial charge in [-0.15, -0.1) is 0 Å². The number of hydrogen-bond acceptors (Lipinski definition) is 1. The van der Waals surface area contributed by atoms with E-state index in [4.69, 9.17) is 9.79 Å². The Balaban J connectivity index is 1.11. The number of rotatable bonds is 19.